The molecule has 5 nitrogen and oxygen atoms in total. The zero-order chi connectivity index (χ0) is 13.7. The molecule has 0 aliphatic heterocycles. The average Bonchev–Trinajstić information content (AvgIpc) is 2.86. The Balaban J connectivity index is 2.10. The summed E-state index contributed by atoms with van der Waals surface area (Å²) in [6.07, 6.45) is 5.82. The summed E-state index contributed by atoms with van der Waals surface area (Å²) >= 11 is 0. The number of esters is 1. The molecule has 0 aromatic heterocycles. The Labute approximate surface area is 111 Å². The van der Waals surface area contributed by atoms with E-state index in [1.165, 1.54) is 18.2 Å². The Bertz CT molecular complexity index is 560. The number of hydrogen-bond acceptors (Lipinski definition) is 3. The normalized spacial score (nSPS) is 13.5. The molecule has 0 saturated carbocycles. The minimum Gasteiger partial charge on any atom is -0.469 e. The maximum atomic E-state index is 11.3. The van der Waals surface area contributed by atoms with E-state index in [1.54, 1.807) is 0 Å². The summed E-state index contributed by atoms with van der Waals surface area (Å²) in [6, 6.07) is 5.77. The summed E-state index contributed by atoms with van der Waals surface area (Å²) in [6.45, 7) is 0. The Kier molecular flexibility index (Phi) is 4.21. The van der Waals surface area contributed by atoms with Gasteiger partial charge in [0.05, 0.1) is 19.6 Å². The van der Waals surface area contributed by atoms with Crippen LogP contribution in [0, 0.1) is 0 Å². The Morgan fingerprint density at radius 2 is 2.42 bits per heavy atom. The van der Waals surface area contributed by atoms with Crippen molar-refractivity contribution in [2.24, 2.45) is 5.11 Å². The van der Waals surface area contributed by atoms with Crippen LogP contribution in [0.5, 0.6) is 0 Å². The van der Waals surface area contributed by atoms with Crippen LogP contribution in [0.15, 0.2) is 29.4 Å². The van der Waals surface area contributed by atoms with Crippen molar-refractivity contribution in [3.63, 3.8) is 0 Å². The molecule has 0 fully saturated rings. The standard InChI is InChI=1S/C14H15N3O2/c1-19-14(18)9-13(16-17-15)8-10-5-6-11-3-2-4-12(11)7-10/h2,4-7,13H,3,8-9H2,1H3/t13-/m1/s1. The van der Waals surface area contributed by atoms with Gasteiger partial charge in [0.2, 0.25) is 0 Å². The van der Waals surface area contributed by atoms with Crippen molar-refractivity contribution in [1.29, 1.82) is 0 Å². The third kappa shape index (κ3) is 3.36. The second kappa shape index (κ2) is 6.07. The molecule has 0 bridgehead atoms. The minimum atomic E-state index is -0.402. The molecule has 98 valence electrons. The smallest absolute Gasteiger partial charge is 0.305 e. The van der Waals surface area contributed by atoms with E-state index >= 15 is 0 Å². The van der Waals surface area contributed by atoms with Crippen LogP contribution in [-0.2, 0) is 22.4 Å². The molecule has 1 aliphatic rings. The summed E-state index contributed by atoms with van der Waals surface area (Å²) in [5.41, 5.74) is 12.1. The lowest BCUT2D eigenvalue weighted by Gasteiger charge is -2.11. The predicted octanol–water partition coefficient (Wildman–Crippen LogP) is 3.04. The van der Waals surface area contributed by atoms with Crippen LogP contribution in [0.3, 0.4) is 0 Å². The molecular formula is C14H15N3O2. The fourth-order valence-electron chi connectivity index (χ4n) is 2.20. The van der Waals surface area contributed by atoms with Gasteiger partial charge in [-0.2, -0.15) is 0 Å². The van der Waals surface area contributed by atoms with Crippen LogP contribution in [-0.4, -0.2) is 19.1 Å². The minimum absolute atomic E-state index is 0.105. The quantitative estimate of drug-likeness (QED) is 0.352. The first-order valence-corrected chi connectivity index (χ1v) is 6.12. The van der Waals surface area contributed by atoms with Crippen molar-refractivity contribution in [2.45, 2.75) is 25.3 Å². The molecule has 0 amide bonds. The van der Waals surface area contributed by atoms with Crippen LogP contribution in [0.2, 0.25) is 0 Å². The third-order valence-corrected chi connectivity index (χ3v) is 3.16. The maximum Gasteiger partial charge on any atom is 0.305 e. The van der Waals surface area contributed by atoms with Gasteiger partial charge in [0.25, 0.3) is 0 Å². The number of methoxy groups -OCH3 is 1. The number of azide groups is 1. The van der Waals surface area contributed by atoms with Gasteiger partial charge in [-0.1, -0.05) is 35.5 Å². The molecule has 0 radical (unpaired) electrons. The van der Waals surface area contributed by atoms with Crippen molar-refractivity contribution in [3.05, 3.63) is 51.4 Å². The molecule has 19 heavy (non-hydrogen) atoms. The Morgan fingerprint density at radius 1 is 1.58 bits per heavy atom. The number of fused-ring (bicyclic) bond motifs is 1. The largest absolute Gasteiger partial charge is 0.469 e. The monoisotopic (exact) mass is 257 g/mol. The summed E-state index contributed by atoms with van der Waals surface area (Å²) < 4.78 is 4.61. The highest BCUT2D eigenvalue weighted by atomic mass is 16.5. The molecule has 0 heterocycles. The number of benzene rings is 1. The fraction of sp³-hybridized carbons (Fsp3) is 0.357. The van der Waals surface area contributed by atoms with Gasteiger partial charge in [0.15, 0.2) is 0 Å². The van der Waals surface area contributed by atoms with Gasteiger partial charge >= 0.3 is 5.97 Å². The zero-order valence-corrected chi connectivity index (χ0v) is 10.7. The molecule has 2 rings (SSSR count). The molecular weight excluding hydrogens is 242 g/mol. The van der Waals surface area contributed by atoms with E-state index in [4.69, 9.17) is 5.53 Å². The lowest BCUT2D eigenvalue weighted by molar-refractivity contribution is -0.140. The van der Waals surface area contributed by atoms with Crippen LogP contribution >= 0.6 is 0 Å². The van der Waals surface area contributed by atoms with E-state index < -0.39 is 6.04 Å². The van der Waals surface area contributed by atoms with Gasteiger partial charge in [-0.15, -0.1) is 0 Å². The van der Waals surface area contributed by atoms with E-state index in [0.29, 0.717) is 6.42 Å². The number of allylic oxidation sites excluding steroid dienone is 1. The van der Waals surface area contributed by atoms with Crippen molar-refractivity contribution in [1.82, 2.24) is 0 Å². The number of carbonyl (C=O) groups excluding carboxylic acids is 1. The predicted molar refractivity (Wildman–Crippen MR) is 72.5 cm³/mol. The zero-order valence-electron chi connectivity index (χ0n) is 10.7. The molecule has 0 unspecified atom stereocenters. The Morgan fingerprint density at radius 3 is 3.16 bits per heavy atom. The number of rotatable bonds is 5. The van der Waals surface area contributed by atoms with Gasteiger partial charge in [0.1, 0.15) is 0 Å². The summed E-state index contributed by atoms with van der Waals surface area (Å²) in [5.74, 6) is -0.363. The SMILES string of the molecule is COC(=O)C[C@@H](Cc1ccc2c(c1)C=CC2)N=[N+]=[N-]. The van der Waals surface area contributed by atoms with Gasteiger partial charge in [0, 0.05) is 4.91 Å². The molecule has 0 N–H and O–H groups in total. The summed E-state index contributed by atoms with van der Waals surface area (Å²) in [4.78, 5) is 14.1. The summed E-state index contributed by atoms with van der Waals surface area (Å²) in [7, 11) is 1.33. The Hall–Kier alpha value is -2.26. The molecule has 0 spiro atoms. The lowest BCUT2D eigenvalue weighted by atomic mass is 10.00. The lowest BCUT2D eigenvalue weighted by Crippen LogP contribution is -2.15. The van der Waals surface area contributed by atoms with E-state index in [0.717, 1.165) is 12.0 Å². The second-order valence-corrected chi connectivity index (χ2v) is 4.48. The average molecular weight is 257 g/mol. The molecule has 5 heteroatoms. The van der Waals surface area contributed by atoms with Gasteiger partial charge in [-0.05, 0) is 35.1 Å². The van der Waals surface area contributed by atoms with E-state index in [2.05, 4.69) is 39.0 Å². The van der Waals surface area contributed by atoms with Gasteiger partial charge < -0.3 is 4.74 Å². The number of nitrogens with zero attached hydrogens (tertiary/aromatic N) is 3. The van der Waals surface area contributed by atoms with Crippen molar-refractivity contribution in [2.75, 3.05) is 7.11 Å². The number of hydrogen-bond donors (Lipinski definition) is 0. The molecule has 1 aromatic rings. The van der Waals surface area contributed by atoms with E-state index in [-0.39, 0.29) is 12.4 Å². The van der Waals surface area contributed by atoms with Crippen molar-refractivity contribution in [3.8, 4) is 0 Å². The van der Waals surface area contributed by atoms with Crippen molar-refractivity contribution >= 4 is 12.0 Å². The second-order valence-electron chi connectivity index (χ2n) is 4.48. The number of carbonyl (C=O) groups is 1. The van der Waals surface area contributed by atoms with Crippen LogP contribution in [0.1, 0.15) is 23.1 Å². The maximum absolute atomic E-state index is 11.3. The molecule has 1 aliphatic carbocycles. The summed E-state index contributed by atoms with van der Waals surface area (Å²) in [5, 5.41) is 3.66. The first kappa shape index (κ1) is 13.2. The van der Waals surface area contributed by atoms with Crippen LogP contribution in [0.4, 0.5) is 0 Å². The highest BCUT2D eigenvalue weighted by Crippen LogP contribution is 2.22. The first-order valence-electron chi connectivity index (χ1n) is 6.12. The van der Waals surface area contributed by atoms with Crippen molar-refractivity contribution < 1.29 is 9.53 Å². The van der Waals surface area contributed by atoms with Gasteiger partial charge in [-0.25, -0.2) is 0 Å². The highest BCUT2D eigenvalue weighted by Gasteiger charge is 2.14. The first-order chi connectivity index (χ1) is 9.22. The van der Waals surface area contributed by atoms with E-state index in [1.807, 2.05) is 6.07 Å². The number of ether oxygens (including phenoxy) is 1. The molecule has 0 saturated heterocycles. The topological polar surface area (TPSA) is 75.1 Å². The molecule has 1 atom stereocenters. The van der Waals surface area contributed by atoms with Crippen LogP contribution in [0.25, 0.3) is 16.5 Å². The van der Waals surface area contributed by atoms with Crippen LogP contribution < -0.4 is 0 Å². The fourth-order valence-corrected chi connectivity index (χ4v) is 2.20. The van der Waals surface area contributed by atoms with Gasteiger partial charge in [-0.3, -0.25) is 4.79 Å². The highest BCUT2D eigenvalue weighted by molar-refractivity contribution is 5.70. The third-order valence-electron chi connectivity index (χ3n) is 3.16. The van der Waals surface area contributed by atoms with E-state index in [9.17, 15) is 4.79 Å². The molecule has 1 aromatic carbocycles.